The second kappa shape index (κ2) is 7.21. The van der Waals surface area contributed by atoms with Gasteiger partial charge < -0.3 is 19.1 Å². The molecule has 6 heteroatoms. The van der Waals surface area contributed by atoms with Crippen molar-refractivity contribution in [2.75, 3.05) is 40.5 Å². The van der Waals surface area contributed by atoms with Crippen LogP contribution in [0.25, 0.3) is 0 Å². The molecule has 0 N–H and O–H groups in total. The van der Waals surface area contributed by atoms with Crippen molar-refractivity contribution in [3.05, 3.63) is 23.8 Å². The van der Waals surface area contributed by atoms with Crippen LogP contribution in [0.3, 0.4) is 0 Å². The smallest absolute Gasteiger partial charge is 0.257 e. The van der Waals surface area contributed by atoms with Crippen molar-refractivity contribution in [3.63, 3.8) is 0 Å². The fourth-order valence-electron chi connectivity index (χ4n) is 1.91. The van der Waals surface area contributed by atoms with Crippen molar-refractivity contribution in [1.82, 2.24) is 4.90 Å². The monoisotopic (exact) mass is 287 g/mol. The SMILES string of the molecule is COc1ccc(C(=O)N2CCOCC2)c(OC)c1.Cl. The van der Waals surface area contributed by atoms with Gasteiger partial charge >= 0.3 is 0 Å². The Morgan fingerprint density at radius 2 is 1.89 bits per heavy atom. The number of benzene rings is 1. The van der Waals surface area contributed by atoms with Crippen molar-refractivity contribution in [3.8, 4) is 11.5 Å². The second-order valence-corrected chi connectivity index (χ2v) is 3.97. The van der Waals surface area contributed by atoms with E-state index >= 15 is 0 Å². The van der Waals surface area contributed by atoms with Gasteiger partial charge in [0.25, 0.3) is 5.91 Å². The van der Waals surface area contributed by atoms with Crippen molar-refractivity contribution in [1.29, 1.82) is 0 Å². The number of ether oxygens (including phenoxy) is 3. The molecule has 0 saturated carbocycles. The maximum Gasteiger partial charge on any atom is 0.257 e. The Kier molecular flexibility index (Phi) is 5.92. The number of hydrogen-bond donors (Lipinski definition) is 0. The summed E-state index contributed by atoms with van der Waals surface area (Å²) in [5, 5.41) is 0. The molecule has 0 bridgehead atoms. The highest BCUT2D eigenvalue weighted by molar-refractivity contribution is 5.97. The van der Waals surface area contributed by atoms with Crippen LogP contribution in [-0.4, -0.2) is 51.3 Å². The van der Waals surface area contributed by atoms with Gasteiger partial charge in [-0.05, 0) is 12.1 Å². The van der Waals surface area contributed by atoms with Gasteiger partial charge in [-0.1, -0.05) is 0 Å². The van der Waals surface area contributed by atoms with Crippen molar-refractivity contribution < 1.29 is 19.0 Å². The maximum absolute atomic E-state index is 12.3. The number of hydrogen-bond acceptors (Lipinski definition) is 4. The molecule has 2 rings (SSSR count). The molecule has 0 unspecified atom stereocenters. The Labute approximate surface area is 118 Å². The molecule has 5 nitrogen and oxygen atoms in total. The molecular weight excluding hydrogens is 270 g/mol. The minimum absolute atomic E-state index is 0. The van der Waals surface area contributed by atoms with E-state index in [1.165, 1.54) is 0 Å². The molecule has 0 radical (unpaired) electrons. The lowest BCUT2D eigenvalue weighted by Gasteiger charge is -2.27. The Morgan fingerprint density at radius 3 is 2.47 bits per heavy atom. The van der Waals surface area contributed by atoms with Gasteiger partial charge in [0.15, 0.2) is 0 Å². The zero-order chi connectivity index (χ0) is 13.0. The second-order valence-electron chi connectivity index (χ2n) is 3.97. The van der Waals surface area contributed by atoms with E-state index in [1.54, 1.807) is 37.3 Å². The molecule has 19 heavy (non-hydrogen) atoms. The van der Waals surface area contributed by atoms with Gasteiger partial charge in [-0.15, -0.1) is 12.4 Å². The van der Waals surface area contributed by atoms with Gasteiger partial charge in [0.1, 0.15) is 11.5 Å². The summed E-state index contributed by atoms with van der Waals surface area (Å²) in [6.45, 7) is 2.41. The first-order valence-corrected chi connectivity index (χ1v) is 5.85. The summed E-state index contributed by atoms with van der Waals surface area (Å²) in [5.74, 6) is 1.18. The van der Waals surface area contributed by atoms with Crippen LogP contribution in [0.5, 0.6) is 11.5 Å². The van der Waals surface area contributed by atoms with Gasteiger partial charge in [0.2, 0.25) is 0 Å². The van der Waals surface area contributed by atoms with Crippen LogP contribution in [0.15, 0.2) is 18.2 Å². The lowest BCUT2D eigenvalue weighted by atomic mass is 10.1. The van der Waals surface area contributed by atoms with Gasteiger partial charge in [-0.2, -0.15) is 0 Å². The van der Waals surface area contributed by atoms with Gasteiger partial charge in [-0.3, -0.25) is 4.79 Å². The molecule has 1 amide bonds. The van der Waals surface area contributed by atoms with Crippen LogP contribution in [0.1, 0.15) is 10.4 Å². The van der Waals surface area contributed by atoms with Crippen molar-refractivity contribution in [2.45, 2.75) is 0 Å². The number of halogens is 1. The van der Waals surface area contributed by atoms with E-state index in [2.05, 4.69) is 0 Å². The topological polar surface area (TPSA) is 48.0 Å². The number of morpholine rings is 1. The van der Waals surface area contributed by atoms with Crippen LogP contribution >= 0.6 is 12.4 Å². The van der Waals surface area contributed by atoms with E-state index in [0.717, 1.165) is 0 Å². The summed E-state index contributed by atoms with van der Waals surface area (Å²) in [6.07, 6.45) is 0. The predicted molar refractivity (Wildman–Crippen MR) is 73.5 cm³/mol. The number of nitrogens with zero attached hydrogens (tertiary/aromatic N) is 1. The minimum atomic E-state index is -0.0298. The van der Waals surface area contributed by atoms with E-state index in [9.17, 15) is 4.79 Å². The lowest BCUT2D eigenvalue weighted by molar-refractivity contribution is 0.0301. The van der Waals surface area contributed by atoms with E-state index in [1.807, 2.05) is 0 Å². The minimum Gasteiger partial charge on any atom is -0.497 e. The van der Waals surface area contributed by atoms with Crippen LogP contribution in [0, 0.1) is 0 Å². The molecule has 0 aromatic heterocycles. The van der Waals surface area contributed by atoms with Crippen LogP contribution in [-0.2, 0) is 4.74 Å². The molecular formula is C13H18ClNO4. The predicted octanol–water partition coefficient (Wildman–Crippen LogP) is 1.60. The molecule has 1 aliphatic rings. The summed E-state index contributed by atoms with van der Waals surface area (Å²) < 4.78 is 15.6. The largest absolute Gasteiger partial charge is 0.497 e. The van der Waals surface area contributed by atoms with Crippen molar-refractivity contribution in [2.24, 2.45) is 0 Å². The van der Waals surface area contributed by atoms with E-state index in [0.29, 0.717) is 43.4 Å². The lowest BCUT2D eigenvalue weighted by Crippen LogP contribution is -2.40. The Morgan fingerprint density at radius 1 is 1.21 bits per heavy atom. The number of methoxy groups -OCH3 is 2. The van der Waals surface area contributed by atoms with Crippen LogP contribution < -0.4 is 9.47 Å². The highest BCUT2D eigenvalue weighted by Crippen LogP contribution is 2.25. The fourth-order valence-corrected chi connectivity index (χ4v) is 1.91. The first-order chi connectivity index (χ1) is 8.76. The molecule has 106 valence electrons. The normalized spacial score (nSPS) is 14.5. The first-order valence-electron chi connectivity index (χ1n) is 5.85. The molecule has 0 aliphatic carbocycles. The third-order valence-corrected chi connectivity index (χ3v) is 2.94. The summed E-state index contributed by atoms with van der Waals surface area (Å²) in [5.41, 5.74) is 0.556. The zero-order valence-electron chi connectivity index (χ0n) is 11.0. The average Bonchev–Trinajstić information content (AvgIpc) is 2.46. The van der Waals surface area contributed by atoms with Crippen LogP contribution in [0.4, 0.5) is 0 Å². The number of rotatable bonds is 3. The number of carbonyl (C=O) groups excluding carboxylic acids is 1. The van der Waals surface area contributed by atoms with Crippen molar-refractivity contribution >= 4 is 18.3 Å². The van der Waals surface area contributed by atoms with Gasteiger partial charge in [-0.25, -0.2) is 0 Å². The standard InChI is InChI=1S/C13H17NO4.ClH/c1-16-10-3-4-11(12(9-10)17-2)13(15)14-5-7-18-8-6-14;/h3-4,9H,5-8H2,1-2H3;1H. The number of amides is 1. The fraction of sp³-hybridized carbons (Fsp3) is 0.462. The highest BCUT2D eigenvalue weighted by Gasteiger charge is 2.21. The molecule has 1 saturated heterocycles. The third-order valence-electron chi connectivity index (χ3n) is 2.94. The van der Waals surface area contributed by atoms with E-state index < -0.39 is 0 Å². The highest BCUT2D eigenvalue weighted by atomic mass is 35.5. The molecule has 1 fully saturated rings. The maximum atomic E-state index is 12.3. The molecule has 1 aromatic carbocycles. The van der Waals surface area contributed by atoms with Gasteiger partial charge in [0.05, 0.1) is 33.0 Å². The quantitative estimate of drug-likeness (QED) is 0.847. The van der Waals surface area contributed by atoms with E-state index in [-0.39, 0.29) is 18.3 Å². The average molecular weight is 288 g/mol. The summed E-state index contributed by atoms with van der Waals surface area (Å²) >= 11 is 0. The third kappa shape index (κ3) is 3.52. The Balaban J connectivity index is 0.00000180. The van der Waals surface area contributed by atoms with E-state index in [4.69, 9.17) is 14.2 Å². The first kappa shape index (κ1) is 15.6. The zero-order valence-corrected chi connectivity index (χ0v) is 11.9. The molecule has 0 atom stereocenters. The summed E-state index contributed by atoms with van der Waals surface area (Å²) in [6, 6.07) is 5.21. The Bertz CT molecular complexity index is 433. The van der Waals surface area contributed by atoms with Gasteiger partial charge in [0, 0.05) is 19.2 Å². The number of carbonyl (C=O) groups is 1. The Hall–Kier alpha value is -1.46. The molecule has 1 aliphatic heterocycles. The molecule has 0 spiro atoms. The summed E-state index contributed by atoms with van der Waals surface area (Å²) in [7, 11) is 3.13. The molecule has 1 heterocycles. The molecule has 1 aromatic rings. The summed E-state index contributed by atoms with van der Waals surface area (Å²) in [4.78, 5) is 14.1. The van der Waals surface area contributed by atoms with Crippen LogP contribution in [0.2, 0.25) is 0 Å².